The van der Waals surface area contributed by atoms with E-state index in [1.807, 2.05) is 30.3 Å². The van der Waals surface area contributed by atoms with Crippen LogP contribution in [0.3, 0.4) is 0 Å². The van der Waals surface area contributed by atoms with Crippen molar-refractivity contribution in [3.63, 3.8) is 0 Å². The summed E-state index contributed by atoms with van der Waals surface area (Å²) < 4.78 is 47.7. The minimum Gasteiger partial charge on any atom is -0.497 e. The molecule has 0 aliphatic rings. The molecule has 0 heterocycles. The van der Waals surface area contributed by atoms with Gasteiger partial charge in [-0.25, -0.2) is 12.8 Å². The molecule has 3 aromatic carbocycles. The predicted octanol–water partition coefficient (Wildman–Crippen LogP) is 4.87. The van der Waals surface area contributed by atoms with Gasteiger partial charge in [0.05, 0.1) is 31.1 Å². The first-order chi connectivity index (χ1) is 18.6. The minimum absolute atomic E-state index is 0.00499. The van der Waals surface area contributed by atoms with Gasteiger partial charge in [0.1, 0.15) is 33.2 Å². The topological polar surface area (TPSA) is 118 Å². The van der Waals surface area contributed by atoms with E-state index in [2.05, 4.69) is 10.3 Å². The SMILES string of the molecule is CN=CC(C(=N)C(=O)C(Nc1cc(OC)cc(OCCCS(C)(=O)=O)c1)c1ccc(F)cc1)c1ccccc1. The minimum atomic E-state index is -3.11. The average Bonchev–Trinajstić information content (AvgIpc) is 2.92. The number of nitrogens with one attached hydrogen (secondary N) is 2. The fourth-order valence-electron chi connectivity index (χ4n) is 3.94. The fourth-order valence-corrected chi connectivity index (χ4v) is 4.58. The zero-order chi connectivity index (χ0) is 28.4. The van der Waals surface area contributed by atoms with Gasteiger partial charge in [-0.2, -0.15) is 0 Å². The number of ketones is 1. The highest BCUT2D eigenvalue weighted by Crippen LogP contribution is 2.31. The normalized spacial score (nSPS) is 13.0. The number of methoxy groups -OCH3 is 1. The lowest BCUT2D eigenvalue weighted by Gasteiger charge is -2.23. The molecule has 0 aliphatic carbocycles. The molecule has 0 aliphatic heterocycles. The van der Waals surface area contributed by atoms with Crippen LogP contribution in [0, 0.1) is 11.2 Å². The van der Waals surface area contributed by atoms with E-state index >= 15 is 0 Å². The summed E-state index contributed by atoms with van der Waals surface area (Å²) in [5.74, 6) is -0.799. The molecule has 3 rings (SSSR count). The summed E-state index contributed by atoms with van der Waals surface area (Å²) in [6, 6.07) is 18.6. The maximum absolute atomic E-state index is 13.8. The van der Waals surface area contributed by atoms with Gasteiger partial charge in [-0.1, -0.05) is 42.5 Å². The summed E-state index contributed by atoms with van der Waals surface area (Å²) in [5.41, 5.74) is 1.48. The molecule has 8 nitrogen and oxygen atoms in total. The number of ether oxygens (including phenoxy) is 2. The molecule has 2 unspecified atom stereocenters. The summed E-state index contributed by atoms with van der Waals surface area (Å²) in [7, 11) is -0.0430. The Bertz CT molecular complexity index is 1410. The second-order valence-electron chi connectivity index (χ2n) is 8.93. The van der Waals surface area contributed by atoms with E-state index in [9.17, 15) is 17.6 Å². The lowest BCUT2D eigenvalue weighted by Crippen LogP contribution is -2.32. The summed E-state index contributed by atoms with van der Waals surface area (Å²) in [6.45, 7) is 0.166. The molecular weight excluding hydrogens is 521 g/mol. The number of halogens is 1. The Morgan fingerprint density at radius 2 is 1.72 bits per heavy atom. The Morgan fingerprint density at radius 3 is 2.33 bits per heavy atom. The summed E-state index contributed by atoms with van der Waals surface area (Å²) in [6.07, 6.45) is 3.03. The van der Waals surface area contributed by atoms with Crippen molar-refractivity contribution in [1.29, 1.82) is 5.41 Å². The number of carbonyl (C=O) groups excluding carboxylic acids is 1. The Balaban J connectivity index is 1.93. The molecule has 0 spiro atoms. The van der Waals surface area contributed by atoms with E-state index in [1.165, 1.54) is 37.6 Å². The van der Waals surface area contributed by atoms with E-state index in [1.54, 1.807) is 31.5 Å². The standard InChI is InChI=1S/C29H32FN3O5S/c1-32-19-26(20-8-5-4-6-9-20)27(31)29(34)28(21-10-12-22(30)13-11-21)33-23-16-24(37-2)18-25(17-23)38-14-7-15-39(3,35)36/h4-6,8-13,16-19,26,28,31,33H,7,14-15H2,1-3H3. The Kier molecular flexibility index (Phi) is 10.3. The second-order valence-corrected chi connectivity index (χ2v) is 11.2. The van der Waals surface area contributed by atoms with E-state index in [4.69, 9.17) is 14.9 Å². The highest BCUT2D eigenvalue weighted by molar-refractivity contribution is 7.90. The number of sulfone groups is 1. The number of anilines is 1. The first kappa shape index (κ1) is 29.5. The van der Waals surface area contributed by atoms with Gasteiger partial charge in [-0.3, -0.25) is 9.79 Å². The van der Waals surface area contributed by atoms with Crippen LogP contribution >= 0.6 is 0 Å². The summed E-state index contributed by atoms with van der Waals surface area (Å²) in [4.78, 5) is 17.9. The van der Waals surface area contributed by atoms with Gasteiger partial charge in [0.25, 0.3) is 0 Å². The van der Waals surface area contributed by atoms with Crippen molar-refractivity contribution in [2.75, 3.05) is 38.1 Å². The average molecular weight is 554 g/mol. The predicted molar refractivity (Wildman–Crippen MR) is 152 cm³/mol. The van der Waals surface area contributed by atoms with Crippen molar-refractivity contribution in [3.05, 3.63) is 89.7 Å². The van der Waals surface area contributed by atoms with E-state index in [0.29, 0.717) is 29.2 Å². The molecule has 39 heavy (non-hydrogen) atoms. The molecular formula is C29H32FN3O5S. The maximum Gasteiger partial charge on any atom is 0.204 e. The van der Waals surface area contributed by atoms with Gasteiger partial charge in [0, 0.05) is 43.4 Å². The number of carbonyl (C=O) groups is 1. The molecule has 0 aromatic heterocycles. The first-order valence-corrected chi connectivity index (χ1v) is 14.3. The molecule has 0 bridgehead atoms. The highest BCUT2D eigenvalue weighted by Gasteiger charge is 2.30. The van der Waals surface area contributed by atoms with Crippen LogP contribution in [0.15, 0.2) is 77.8 Å². The zero-order valence-corrected chi connectivity index (χ0v) is 22.9. The first-order valence-electron chi connectivity index (χ1n) is 12.2. The Labute approximate surface area is 228 Å². The molecule has 3 aromatic rings. The van der Waals surface area contributed by atoms with Crippen LogP contribution in [0.2, 0.25) is 0 Å². The molecule has 0 amide bonds. The molecule has 0 fully saturated rings. The van der Waals surface area contributed by atoms with Gasteiger partial charge in [0.2, 0.25) is 5.78 Å². The summed E-state index contributed by atoms with van der Waals surface area (Å²) in [5, 5.41) is 12.0. The van der Waals surface area contributed by atoms with E-state index in [-0.39, 0.29) is 18.1 Å². The van der Waals surface area contributed by atoms with Crippen molar-refractivity contribution in [2.45, 2.75) is 18.4 Å². The molecule has 2 atom stereocenters. The van der Waals surface area contributed by atoms with Crippen LogP contribution in [0.1, 0.15) is 29.5 Å². The van der Waals surface area contributed by atoms with Crippen LogP contribution in [-0.4, -0.2) is 58.9 Å². The van der Waals surface area contributed by atoms with Gasteiger partial charge >= 0.3 is 0 Å². The third kappa shape index (κ3) is 8.75. The quantitative estimate of drug-likeness (QED) is 0.217. The lowest BCUT2D eigenvalue weighted by atomic mass is 9.88. The fraction of sp³-hybridized carbons (Fsp3) is 0.276. The molecule has 0 radical (unpaired) electrons. The van der Waals surface area contributed by atoms with Gasteiger partial charge in [0.15, 0.2) is 0 Å². The Hall–Kier alpha value is -4.05. The maximum atomic E-state index is 13.8. The summed E-state index contributed by atoms with van der Waals surface area (Å²) >= 11 is 0. The van der Waals surface area contributed by atoms with Crippen molar-refractivity contribution in [3.8, 4) is 11.5 Å². The van der Waals surface area contributed by atoms with Gasteiger partial charge in [-0.05, 0) is 29.7 Å². The zero-order valence-electron chi connectivity index (χ0n) is 22.1. The second kappa shape index (κ2) is 13.7. The van der Waals surface area contributed by atoms with Crippen LogP contribution in [-0.2, 0) is 14.6 Å². The van der Waals surface area contributed by atoms with Gasteiger partial charge < -0.3 is 20.2 Å². The van der Waals surface area contributed by atoms with E-state index < -0.39 is 33.4 Å². The van der Waals surface area contributed by atoms with Gasteiger partial charge in [-0.15, -0.1) is 0 Å². The van der Waals surface area contributed by atoms with Crippen LogP contribution in [0.25, 0.3) is 0 Å². The largest absolute Gasteiger partial charge is 0.497 e. The number of hydrogen-bond donors (Lipinski definition) is 2. The monoisotopic (exact) mass is 553 g/mol. The number of aliphatic imine (C=N–C) groups is 1. The lowest BCUT2D eigenvalue weighted by molar-refractivity contribution is -0.113. The number of Topliss-reactive ketones (excluding diaryl/α,β-unsaturated/α-hetero) is 1. The van der Waals surface area contributed by atoms with Crippen molar-refractivity contribution >= 4 is 33.2 Å². The van der Waals surface area contributed by atoms with E-state index in [0.717, 1.165) is 5.56 Å². The Morgan fingerprint density at radius 1 is 1.05 bits per heavy atom. The molecule has 0 saturated carbocycles. The molecule has 206 valence electrons. The molecule has 2 N–H and O–H groups in total. The third-order valence-corrected chi connectivity index (χ3v) is 6.88. The van der Waals surface area contributed by atoms with Crippen LogP contribution in [0.4, 0.5) is 10.1 Å². The number of rotatable bonds is 14. The smallest absolute Gasteiger partial charge is 0.204 e. The third-order valence-electron chi connectivity index (χ3n) is 5.85. The molecule has 10 heteroatoms. The number of nitrogens with zero attached hydrogens (tertiary/aromatic N) is 1. The number of benzene rings is 3. The highest BCUT2D eigenvalue weighted by atomic mass is 32.2. The number of hydrogen-bond acceptors (Lipinski definition) is 8. The molecule has 0 saturated heterocycles. The van der Waals surface area contributed by atoms with Crippen LogP contribution < -0.4 is 14.8 Å². The van der Waals surface area contributed by atoms with Crippen molar-refractivity contribution < 1.29 is 27.1 Å². The van der Waals surface area contributed by atoms with Crippen LogP contribution in [0.5, 0.6) is 11.5 Å². The van der Waals surface area contributed by atoms with Crippen molar-refractivity contribution in [2.24, 2.45) is 4.99 Å². The van der Waals surface area contributed by atoms with Crippen molar-refractivity contribution in [1.82, 2.24) is 0 Å².